The van der Waals surface area contributed by atoms with Crippen LogP contribution >= 0.6 is 0 Å². The van der Waals surface area contributed by atoms with Gasteiger partial charge in [0.2, 0.25) is 0 Å². The maximum atomic E-state index is 11.5. The summed E-state index contributed by atoms with van der Waals surface area (Å²) in [6.07, 6.45) is 8.31. The topological polar surface area (TPSA) is 70.6 Å². The SMILES string of the molecule is CNC(=O)c1cnc(N2CCC(OC3CCN(C(C)C)CC3)CC2)cn1. The summed E-state index contributed by atoms with van der Waals surface area (Å²) in [6, 6.07) is 0.634. The molecule has 3 rings (SSSR count). The second-order valence-electron chi connectivity index (χ2n) is 7.49. The Morgan fingerprint density at radius 1 is 1.08 bits per heavy atom. The lowest BCUT2D eigenvalue weighted by Crippen LogP contribution is -2.44. The summed E-state index contributed by atoms with van der Waals surface area (Å²) in [6.45, 7) is 8.66. The molecule has 2 saturated heterocycles. The molecule has 0 bridgehead atoms. The number of hydrogen-bond acceptors (Lipinski definition) is 6. The molecule has 0 aromatic carbocycles. The molecular weight excluding hydrogens is 330 g/mol. The summed E-state index contributed by atoms with van der Waals surface area (Å²) in [7, 11) is 1.59. The van der Waals surface area contributed by atoms with Crippen LogP contribution in [-0.4, -0.2) is 72.3 Å². The van der Waals surface area contributed by atoms with E-state index in [1.165, 1.54) is 0 Å². The number of hydrogen-bond donors (Lipinski definition) is 1. The molecule has 0 spiro atoms. The molecule has 7 nitrogen and oxygen atoms in total. The molecule has 2 fully saturated rings. The highest BCUT2D eigenvalue weighted by atomic mass is 16.5. The smallest absolute Gasteiger partial charge is 0.271 e. The predicted molar refractivity (Wildman–Crippen MR) is 101 cm³/mol. The third-order valence-electron chi connectivity index (χ3n) is 5.46. The molecule has 2 aliphatic heterocycles. The fourth-order valence-corrected chi connectivity index (χ4v) is 3.75. The van der Waals surface area contributed by atoms with Gasteiger partial charge in [0.25, 0.3) is 5.91 Å². The number of aromatic nitrogens is 2. The summed E-state index contributed by atoms with van der Waals surface area (Å²) < 4.78 is 6.37. The van der Waals surface area contributed by atoms with Crippen molar-refractivity contribution in [3.8, 4) is 0 Å². The number of piperidine rings is 2. The summed E-state index contributed by atoms with van der Waals surface area (Å²) in [4.78, 5) is 24.9. The quantitative estimate of drug-likeness (QED) is 0.861. The van der Waals surface area contributed by atoms with Crippen LogP contribution in [0.2, 0.25) is 0 Å². The van der Waals surface area contributed by atoms with E-state index in [0.29, 0.717) is 23.9 Å². The van der Waals surface area contributed by atoms with Crippen molar-refractivity contribution in [2.75, 3.05) is 38.1 Å². The van der Waals surface area contributed by atoms with Gasteiger partial charge in [0, 0.05) is 39.3 Å². The van der Waals surface area contributed by atoms with Crippen LogP contribution in [0.25, 0.3) is 0 Å². The largest absolute Gasteiger partial charge is 0.375 e. The van der Waals surface area contributed by atoms with Crippen LogP contribution in [0, 0.1) is 0 Å². The number of likely N-dealkylation sites (tertiary alicyclic amines) is 1. The fourth-order valence-electron chi connectivity index (χ4n) is 3.75. The first-order valence-electron chi connectivity index (χ1n) is 9.75. The number of nitrogens with one attached hydrogen (secondary N) is 1. The van der Waals surface area contributed by atoms with E-state index in [2.05, 4.69) is 38.9 Å². The molecule has 0 aliphatic carbocycles. The lowest BCUT2D eigenvalue weighted by molar-refractivity contribution is -0.0540. The first kappa shape index (κ1) is 19.0. The molecule has 0 radical (unpaired) electrons. The molecule has 7 heteroatoms. The summed E-state index contributed by atoms with van der Waals surface area (Å²) in [5, 5.41) is 2.56. The number of nitrogens with zero attached hydrogens (tertiary/aromatic N) is 4. The molecule has 0 unspecified atom stereocenters. The van der Waals surface area contributed by atoms with Crippen LogP contribution in [-0.2, 0) is 4.74 Å². The zero-order valence-electron chi connectivity index (χ0n) is 16.1. The van der Waals surface area contributed by atoms with Crippen molar-refractivity contribution in [2.45, 2.75) is 57.8 Å². The van der Waals surface area contributed by atoms with Crippen LogP contribution in [0.1, 0.15) is 50.0 Å². The van der Waals surface area contributed by atoms with Gasteiger partial charge in [-0.1, -0.05) is 0 Å². The van der Waals surface area contributed by atoms with Gasteiger partial charge in [0.05, 0.1) is 24.6 Å². The molecule has 0 atom stereocenters. The van der Waals surface area contributed by atoms with Gasteiger partial charge in [-0.15, -0.1) is 0 Å². The van der Waals surface area contributed by atoms with E-state index in [-0.39, 0.29) is 5.91 Å². The normalized spacial score (nSPS) is 20.5. The third-order valence-corrected chi connectivity index (χ3v) is 5.46. The minimum Gasteiger partial charge on any atom is -0.375 e. The highest BCUT2D eigenvalue weighted by molar-refractivity contribution is 5.91. The summed E-state index contributed by atoms with van der Waals surface area (Å²) in [5.74, 6) is 0.626. The average Bonchev–Trinajstić information content (AvgIpc) is 2.68. The number of amides is 1. The molecule has 1 amide bonds. The highest BCUT2D eigenvalue weighted by Crippen LogP contribution is 2.23. The van der Waals surface area contributed by atoms with Crippen molar-refractivity contribution >= 4 is 11.7 Å². The molecule has 1 aromatic rings. The van der Waals surface area contributed by atoms with Crippen molar-refractivity contribution in [2.24, 2.45) is 0 Å². The van der Waals surface area contributed by atoms with E-state index in [1.807, 2.05) is 0 Å². The number of carbonyl (C=O) groups is 1. The van der Waals surface area contributed by atoms with E-state index in [1.54, 1.807) is 19.4 Å². The maximum absolute atomic E-state index is 11.5. The first-order chi connectivity index (χ1) is 12.6. The molecule has 144 valence electrons. The Morgan fingerprint density at radius 3 is 2.19 bits per heavy atom. The molecular formula is C19H31N5O2. The van der Waals surface area contributed by atoms with Gasteiger partial charge in [-0.3, -0.25) is 4.79 Å². The number of rotatable bonds is 5. The zero-order chi connectivity index (χ0) is 18.5. The van der Waals surface area contributed by atoms with Gasteiger partial charge >= 0.3 is 0 Å². The molecule has 3 heterocycles. The third kappa shape index (κ3) is 4.71. The minimum absolute atomic E-state index is 0.209. The predicted octanol–water partition coefficient (Wildman–Crippen LogP) is 1.69. The number of ether oxygens (including phenoxy) is 1. The number of anilines is 1. The second-order valence-corrected chi connectivity index (χ2v) is 7.49. The Kier molecular flexibility index (Phi) is 6.43. The van der Waals surface area contributed by atoms with E-state index >= 15 is 0 Å². The molecule has 2 aliphatic rings. The summed E-state index contributed by atoms with van der Waals surface area (Å²) in [5.41, 5.74) is 0.349. The van der Waals surface area contributed by atoms with Crippen LogP contribution < -0.4 is 10.2 Å². The van der Waals surface area contributed by atoms with Gasteiger partial charge in [0.15, 0.2) is 0 Å². The first-order valence-corrected chi connectivity index (χ1v) is 9.75. The maximum Gasteiger partial charge on any atom is 0.271 e. The Hall–Kier alpha value is -1.73. The summed E-state index contributed by atoms with van der Waals surface area (Å²) >= 11 is 0. The molecule has 1 N–H and O–H groups in total. The van der Waals surface area contributed by atoms with Crippen LogP contribution in [0.3, 0.4) is 0 Å². The van der Waals surface area contributed by atoms with Gasteiger partial charge < -0.3 is 19.9 Å². The van der Waals surface area contributed by atoms with Crippen molar-refractivity contribution in [3.63, 3.8) is 0 Å². The van der Waals surface area contributed by atoms with Crippen LogP contribution in [0.5, 0.6) is 0 Å². The standard InChI is InChI=1S/C19H31N5O2/c1-14(2)23-8-4-15(5-9-23)26-16-6-10-24(11-7-16)18-13-21-17(12-22-18)19(25)20-3/h12-16H,4-11H2,1-3H3,(H,20,25). The Labute approximate surface area is 156 Å². The van der Waals surface area contributed by atoms with Gasteiger partial charge in [-0.2, -0.15) is 0 Å². The van der Waals surface area contributed by atoms with Crippen molar-refractivity contribution in [1.82, 2.24) is 20.2 Å². The fraction of sp³-hybridized carbons (Fsp3) is 0.737. The van der Waals surface area contributed by atoms with Crippen molar-refractivity contribution < 1.29 is 9.53 Å². The lowest BCUT2D eigenvalue weighted by atomic mass is 10.0. The van der Waals surface area contributed by atoms with E-state index in [0.717, 1.165) is 57.7 Å². The van der Waals surface area contributed by atoms with Gasteiger partial charge in [0.1, 0.15) is 11.5 Å². The second kappa shape index (κ2) is 8.77. The van der Waals surface area contributed by atoms with Gasteiger partial charge in [-0.25, -0.2) is 9.97 Å². The Bertz CT molecular complexity index is 576. The van der Waals surface area contributed by atoms with E-state index in [4.69, 9.17) is 4.74 Å². The molecule has 1 aromatic heterocycles. The van der Waals surface area contributed by atoms with Crippen molar-refractivity contribution in [1.29, 1.82) is 0 Å². The highest BCUT2D eigenvalue weighted by Gasteiger charge is 2.27. The monoisotopic (exact) mass is 361 g/mol. The zero-order valence-corrected chi connectivity index (χ0v) is 16.1. The lowest BCUT2D eigenvalue weighted by Gasteiger charge is -2.38. The Morgan fingerprint density at radius 2 is 1.69 bits per heavy atom. The molecule has 0 saturated carbocycles. The molecule has 26 heavy (non-hydrogen) atoms. The van der Waals surface area contributed by atoms with Crippen LogP contribution in [0.15, 0.2) is 12.4 Å². The van der Waals surface area contributed by atoms with Crippen LogP contribution in [0.4, 0.5) is 5.82 Å². The number of carbonyl (C=O) groups excluding carboxylic acids is 1. The minimum atomic E-state index is -0.209. The van der Waals surface area contributed by atoms with Gasteiger partial charge in [-0.05, 0) is 39.5 Å². The van der Waals surface area contributed by atoms with E-state index < -0.39 is 0 Å². The van der Waals surface area contributed by atoms with Crippen molar-refractivity contribution in [3.05, 3.63) is 18.1 Å². The van der Waals surface area contributed by atoms with E-state index in [9.17, 15) is 4.79 Å². The Balaban J connectivity index is 1.44. The average molecular weight is 361 g/mol.